The Labute approximate surface area is 175 Å². The van der Waals surface area contributed by atoms with Gasteiger partial charge in [-0.2, -0.15) is 0 Å². The largest absolute Gasteiger partial charge is 0.550 e. The monoisotopic (exact) mass is 422 g/mol. The fourth-order valence-electron chi connectivity index (χ4n) is 3.04. The van der Waals surface area contributed by atoms with E-state index in [0.29, 0.717) is 27.8 Å². The third-order valence-corrected chi connectivity index (χ3v) is 5.91. The number of benzene rings is 1. The number of amides is 1. The van der Waals surface area contributed by atoms with E-state index in [2.05, 4.69) is 0 Å². The van der Waals surface area contributed by atoms with Crippen molar-refractivity contribution >= 4 is 46.3 Å². The van der Waals surface area contributed by atoms with Gasteiger partial charge in [-0.05, 0) is 43.0 Å². The Morgan fingerprint density at radius 3 is 2.39 bits per heavy atom. The second-order valence-corrected chi connectivity index (χ2v) is 8.51. The van der Waals surface area contributed by atoms with Gasteiger partial charge in [-0.1, -0.05) is 74.6 Å². The summed E-state index contributed by atoms with van der Waals surface area (Å²) in [5.74, 6) is -1.41. The lowest BCUT2D eigenvalue weighted by Crippen LogP contribution is -2.29. The van der Waals surface area contributed by atoms with Crippen LogP contribution in [0, 0.1) is 5.82 Å². The summed E-state index contributed by atoms with van der Waals surface area (Å²) in [7, 11) is 0. The Balaban J connectivity index is 1.64. The van der Waals surface area contributed by atoms with Crippen LogP contribution in [-0.4, -0.2) is 27.6 Å². The highest BCUT2D eigenvalue weighted by molar-refractivity contribution is 8.26. The normalized spacial score (nSPS) is 15.6. The Kier molecular flexibility index (Phi) is 9.64. The van der Waals surface area contributed by atoms with Crippen LogP contribution in [0.5, 0.6) is 0 Å². The number of carbonyl (C=O) groups is 2. The molecule has 1 fully saturated rings. The Morgan fingerprint density at radius 2 is 1.75 bits per heavy atom. The third kappa shape index (κ3) is 7.72. The van der Waals surface area contributed by atoms with E-state index in [4.69, 9.17) is 12.2 Å². The van der Waals surface area contributed by atoms with Crippen LogP contribution in [-0.2, 0) is 9.59 Å². The van der Waals surface area contributed by atoms with Crippen molar-refractivity contribution in [2.45, 2.75) is 57.8 Å². The van der Waals surface area contributed by atoms with Crippen LogP contribution < -0.4 is 5.11 Å². The van der Waals surface area contributed by atoms with Crippen molar-refractivity contribution in [3.05, 3.63) is 40.6 Å². The second kappa shape index (κ2) is 12.0. The van der Waals surface area contributed by atoms with Crippen LogP contribution in [0.4, 0.5) is 4.39 Å². The smallest absolute Gasteiger partial charge is 0.266 e. The van der Waals surface area contributed by atoms with E-state index in [0.717, 1.165) is 44.9 Å². The molecule has 0 bridgehead atoms. The highest BCUT2D eigenvalue weighted by atomic mass is 32.2. The molecule has 0 atom stereocenters. The number of halogens is 1. The number of carbonyl (C=O) groups excluding carboxylic acids is 2. The third-order valence-electron chi connectivity index (χ3n) is 4.53. The van der Waals surface area contributed by atoms with E-state index < -0.39 is 5.97 Å². The van der Waals surface area contributed by atoms with E-state index in [9.17, 15) is 19.1 Å². The van der Waals surface area contributed by atoms with Crippen molar-refractivity contribution in [1.82, 2.24) is 4.90 Å². The van der Waals surface area contributed by atoms with Gasteiger partial charge in [0.05, 0.1) is 4.91 Å². The molecule has 4 nitrogen and oxygen atoms in total. The number of carboxylic acid groups (broad SMARTS) is 1. The number of unbranched alkanes of at least 4 members (excludes halogenated alkanes) is 7. The van der Waals surface area contributed by atoms with Gasteiger partial charge in [0.15, 0.2) is 0 Å². The molecule has 1 aromatic rings. The maximum Gasteiger partial charge on any atom is 0.266 e. The molecule has 1 heterocycles. The molecule has 0 saturated carbocycles. The van der Waals surface area contributed by atoms with Gasteiger partial charge in [0.1, 0.15) is 10.1 Å². The van der Waals surface area contributed by atoms with Crippen LogP contribution in [0.2, 0.25) is 0 Å². The number of aliphatic carboxylic acids is 1. The molecule has 0 unspecified atom stereocenters. The Hall–Kier alpha value is -1.73. The molecule has 1 aliphatic rings. The lowest BCUT2D eigenvalue weighted by atomic mass is 10.1. The Morgan fingerprint density at radius 1 is 1.11 bits per heavy atom. The average Bonchev–Trinajstić information content (AvgIpc) is 2.90. The maximum absolute atomic E-state index is 13.3. The average molecular weight is 423 g/mol. The van der Waals surface area contributed by atoms with E-state index in [1.807, 2.05) is 0 Å². The van der Waals surface area contributed by atoms with Gasteiger partial charge in [0, 0.05) is 12.5 Å². The van der Waals surface area contributed by atoms with Crippen LogP contribution >= 0.6 is 24.0 Å². The van der Waals surface area contributed by atoms with Gasteiger partial charge in [-0.25, -0.2) is 4.39 Å². The van der Waals surface area contributed by atoms with E-state index in [1.165, 1.54) is 23.9 Å². The zero-order chi connectivity index (χ0) is 20.4. The predicted octanol–water partition coefficient (Wildman–Crippen LogP) is 4.29. The summed E-state index contributed by atoms with van der Waals surface area (Å²) < 4.78 is 13.9. The molecule has 0 radical (unpaired) electrons. The fraction of sp³-hybridized carbons (Fsp3) is 0.476. The molecule has 2 rings (SSSR count). The van der Waals surface area contributed by atoms with Crippen LogP contribution in [0.15, 0.2) is 29.2 Å². The van der Waals surface area contributed by atoms with Crippen molar-refractivity contribution in [3.8, 4) is 0 Å². The highest BCUT2D eigenvalue weighted by Gasteiger charge is 2.31. The first-order valence-electron chi connectivity index (χ1n) is 9.68. The van der Waals surface area contributed by atoms with E-state index >= 15 is 0 Å². The summed E-state index contributed by atoms with van der Waals surface area (Å²) in [5, 5.41) is 10.3. The summed E-state index contributed by atoms with van der Waals surface area (Å²) in [6, 6.07) is 6.14. The van der Waals surface area contributed by atoms with Gasteiger partial charge in [-0.3, -0.25) is 9.69 Å². The van der Waals surface area contributed by atoms with Gasteiger partial charge in [0.25, 0.3) is 5.91 Å². The predicted molar refractivity (Wildman–Crippen MR) is 113 cm³/mol. The molecule has 1 amide bonds. The summed E-state index contributed by atoms with van der Waals surface area (Å²) in [4.78, 5) is 25.0. The lowest BCUT2D eigenvalue weighted by Gasteiger charge is -2.14. The SMILES string of the molecule is O=C([O-])CCCCCCCCCCN1C(=O)/C(=C/c2cccc(F)c2)SC1=S. The first kappa shape index (κ1) is 22.6. The molecule has 0 aromatic heterocycles. The van der Waals surface area contributed by atoms with Crippen molar-refractivity contribution < 1.29 is 19.1 Å². The van der Waals surface area contributed by atoms with Gasteiger partial charge >= 0.3 is 0 Å². The lowest BCUT2D eigenvalue weighted by molar-refractivity contribution is -0.305. The number of hydrogen-bond acceptors (Lipinski definition) is 5. The van der Waals surface area contributed by atoms with Gasteiger partial charge in [0.2, 0.25) is 0 Å². The number of thioether (sulfide) groups is 1. The number of carboxylic acids is 1. The molecule has 0 aliphatic carbocycles. The van der Waals surface area contributed by atoms with E-state index in [1.54, 1.807) is 23.1 Å². The Bertz CT molecular complexity index is 736. The van der Waals surface area contributed by atoms with Crippen molar-refractivity contribution in [3.63, 3.8) is 0 Å². The minimum Gasteiger partial charge on any atom is -0.550 e. The molecule has 1 aromatic carbocycles. The summed E-state index contributed by atoms with van der Waals surface area (Å²) in [6.07, 6.45) is 9.74. The number of hydrogen-bond donors (Lipinski definition) is 0. The topological polar surface area (TPSA) is 60.4 Å². The standard InChI is InChI=1S/C21H26FNO3S2/c22-17-11-9-10-16(14-17)15-18-20(26)23(21(27)28-18)13-8-6-4-2-1-3-5-7-12-19(24)25/h9-11,14-15H,1-8,12-13H2,(H,24,25)/p-1/b18-15-. The molecular weight excluding hydrogens is 397 g/mol. The highest BCUT2D eigenvalue weighted by Crippen LogP contribution is 2.32. The molecule has 28 heavy (non-hydrogen) atoms. The van der Waals surface area contributed by atoms with Crippen LogP contribution in [0.3, 0.4) is 0 Å². The van der Waals surface area contributed by atoms with Crippen molar-refractivity contribution in [1.29, 1.82) is 0 Å². The van der Waals surface area contributed by atoms with E-state index in [-0.39, 0.29) is 18.1 Å². The van der Waals surface area contributed by atoms with Crippen LogP contribution in [0.25, 0.3) is 6.08 Å². The first-order valence-corrected chi connectivity index (χ1v) is 10.9. The molecule has 1 saturated heterocycles. The van der Waals surface area contributed by atoms with Crippen molar-refractivity contribution in [2.75, 3.05) is 6.54 Å². The molecule has 1 aliphatic heterocycles. The molecule has 152 valence electrons. The zero-order valence-corrected chi connectivity index (χ0v) is 17.5. The number of thiocarbonyl (C=S) groups is 1. The zero-order valence-electron chi connectivity index (χ0n) is 15.8. The van der Waals surface area contributed by atoms with Gasteiger partial charge in [-0.15, -0.1) is 0 Å². The minimum absolute atomic E-state index is 0.104. The number of nitrogens with zero attached hydrogens (tertiary/aromatic N) is 1. The first-order chi connectivity index (χ1) is 13.5. The summed E-state index contributed by atoms with van der Waals surface area (Å²) in [5.41, 5.74) is 0.653. The summed E-state index contributed by atoms with van der Waals surface area (Å²) >= 11 is 6.59. The minimum atomic E-state index is -0.971. The fourth-order valence-corrected chi connectivity index (χ4v) is 4.35. The van der Waals surface area contributed by atoms with Crippen LogP contribution in [0.1, 0.15) is 63.4 Å². The molecular formula is C21H25FNO3S2-. The number of rotatable bonds is 12. The quantitative estimate of drug-likeness (QED) is 0.286. The molecule has 7 heteroatoms. The maximum atomic E-state index is 13.3. The molecule has 0 N–H and O–H groups in total. The second-order valence-electron chi connectivity index (χ2n) is 6.84. The molecule has 0 spiro atoms. The van der Waals surface area contributed by atoms with Gasteiger partial charge < -0.3 is 9.90 Å². The van der Waals surface area contributed by atoms with Crippen molar-refractivity contribution in [2.24, 2.45) is 0 Å². The summed E-state index contributed by atoms with van der Waals surface area (Å²) in [6.45, 7) is 0.608.